The highest BCUT2D eigenvalue weighted by Gasteiger charge is 2.14. The van der Waals surface area contributed by atoms with Crippen LogP contribution in [0.15, 0.2) is 24.4 Å². The number of hydrogen-bond acceptors (Lipinski definition) is 1. The summed E-state index contributed by atoms with van der Waals surface area (Å²) in [5.41, 5.74) is 0.315. The number of rotatable bonds is 1. The topological polar surface area (TPSA) is 28.7 Å². The van der Waals surface area contributed by atoms with Crippen LogP contribution >= 0.6 is 22.6 Å². The standard InChI is InChI=1S/C9H5F2IN2/c10-5-2-1-3-6(11)8(5)9-7(12)4-13-14-9/h1-4H,(H,13,14). The third kappa shape index (κ3) is 1.52. The average Bonchev–Trinajstić information content (AvgIpc) is 2.52. The van der Waals surface area contributed by atoms with Gasteiger partial charge in [0.2, 0.25) is 0 Å². The maximum atomic E-state index is 13.3. The zero-order chi connectivity index (χ0) is 10.1. The molecule has 5 heteroatoms. The van der Waals surface area contributed by atoms with Crippen molar-refractivity contribution >= 4 is 22.6 Å². The Bertz CT molecular complexity index is 447. The van der Waals surface area contributed by atoms with E-state index in [1.54, 1.807) is 0 Å². The summed E-state index contributed by atoms with van der Waals surface area (Å²) in [4.78, 5) is 0. The second-order valence-corrected chi connectivity index (χ2v) is 3.85. The Morgan fingerprint density at radius 3 is 2.36 bits per heavy atom. The molecule has 72 valence electrons. The summed E-state index contributed by atoms with van der Waals surface area (Å²) >= 11 is 1.97. The van der Waals surface area contributed by atoms with Crippen molar-refractivity contribution in [1.29, 1.82) is 0 Å². The van der Waals surface area contributed by atoms with Crippen molar-refractivity contribution in [3.05, 3.63) is 39.6 Å². The molecule has 1 aromatic heterocycles. The van der Waals surface area contributed by atoms with Gasteiger partial charge >= 0.3 is 0 Å². The lowest BCUT2D eigenvalue weighted by molar-refractivity contribution is 0.588. The van der Waals surface area contributed by atoms with E-state index >= 15 is 0 Å². The average molecular weight is 306 g/mol. The molecule has 2 nitrogen and oxygen atoms in total. The number of H-pyrrole nitrogens is 1. The quantitative estimate of drug-likeness (QED) is 0.806. The van der Waals surface area contributed by atoms with Crippen LogP contribution in [0.1, 0.15) is 0 Å². The molecule has 0 atom stereocenters. The highest BCUT2D eigenvalue weighted by Crippen LogP contribution is 2.27. The number of halogens is 3. The molecule has 2 rings (SSSR count). The number of aromatic nitrogens is 2. The van der Waals surface area contributed by atoms with E-state index in [-0.39, 0.29) is 5.56 Å². The van der Waals surface area contributed by atoms with Gasteiger partial charge in [-0.15, -0.1) is 0 Å². The van der Waals surface area contributed by atoms with Crippen molar-refractivity contribution < 1.29 is 8.78 Å². The highest BCUT2D eigenvalue weighted by molar-refractivity contribution is 14.1. The van der Waals surface area contributed by atoms with Crippen molar-refractivity contribution in [3.8, 4) is 11.3 Å². The molecule has 0 aliphatic heterocycles. The number of aromatic amines is 1. The van der Waals surface area contributed by atoms with Crippen LogP contribution in [0.5, 0.6) is 0 Å². The van der Waals surface area contributed by atoms with Crippen molar-refractivity contribution in [1.82, 2.24) is 10.2 Å². The first-order chi connectivity index (χ1) is 6.70. The van der Waals surface area contributed by atoms with Crippen LogP contribution in [0.25, 0.3) is 11.3 Å². The minimum atomic E-state index is -0.591. The van der Waals surface area contributed by atoms with Crippen LogP contribution in [0.2, 0.25) is 0 Å². The van der Waals surface area contributed by atoms with Gasteiger partial charge in [0.1, 0.15) is 11.6 Å². The van der Waals surface area contributed by atoms with E-state index < -0.39 is 11.6 Å². The number of nitrogens with one attached hydrogen (secondary N) is 1. The lowest BCUT2D eigenvalue weighted by Crippen LogP contribution is -1.91. The monoisotopic (exact) mass is 306 g/mol. The number of nitrogens with zero attached hydrogens (tertiary/aromatic N) is 1. The molecule has 0 aliphatic carbocycles. The predicted octanol–water partition coefficient (Wildman–Crippen LogP) is 2.96. The van der Waals surface area contributed by atoms with E-state index in [2.05, 4.69) is 10.2 Å². The normalized spacial score (nSPS) is 10.5. The molecule has 0 bridgehead atoms. The predicted molar refractivity (Wildman–Crippen MR) is 56.7 cm³/mol. The van der Waals surface area contributed by atoms with E-state index in [0.29, 0.717) is 9.26 Å². The molecule has 1 heterocycles. The van der Waals surface area contributed by atoms with Crippen LogP contribution in [0.3, 0.4) is 0 Å². The van der Waals surface area contributed by atoms with E-state index in [9.17, 15) is 8.78 Å². The molecule has 0 saturated carbocycles. The minimum absolute atomic E-state index is 0.0607. The summed E-state index contributed by atoms with van der Waals surface area (Å²) in [5, 5.41) is 6.28. The fourth-order valence-corrected chi connectivity index (χ4v) is 1.71. The van der Waals surface area contributed by atoms with Gasteiger partial charge in [-0.25, -0.2) is 8.78 Å². The third-order valence-electron chi connectivity index (χ3n) is 1.81. The van der Waals surface area contributed by atoms with Crippen molar-refractivity contribution in [2.45, 2.75) is 0 Å². The summed E-state index contributed by atoms with van der Waals surface area (Å²) in [6, 6.07) is 3.77. The van der Waals surface area contributed by atoms with Gasteiger partial charge in [0.25, 0.3) is 0 Å². The Hall–Kier alpha value is -0.980. The first-order valence-corrected chi connectivity index (χ1v) is 4.91. The molecular weight excluding hydrogens is 301 g/mol. The molecule has 0 unspecified atom stereocenters. The molecular formula is C9H5F2IN2. The largest absolute Gasteiger partial charge is 0.277 e. The second-order valence-electron chi connectivity index (χ2n) is 2.69. The lowest BCUT2D eigenvalue weighted by Gasteiger charge is -2.02. The third-order valence-corrected chi connectivity index (χ3v) is 2.62. The maximum absolute atomic E-state index is 13.3. The highest BCUT2D eigenvalue weighted by atomic mass is 127. The molecule has 0 saturated heterocycles. The molecule has 14 heavy (non-hydrogen) atoms. The van der Waals surface area contributed by atoms with Gasteiger partial charge in [-0.05, 0) is 34.7 Å². The zero-order valence-electron chi connectivity index (χ0n) is 6.89. The van der Waals surface area contributed by atoms with Crippen LogP contribution in [-0.4, -0.2) is 10.2 Å². The van der Waals surface area contributed by atoms with Crippen molar-refractivity contribution in [2.75, 3.05) is 0 Å². The summed E-state index contributed by atoms with van der Waals surface area (Å²) in [6.45, 7) is 0. The summed E-state index contributed by atoms with van der Waals surface area (Å²) in [6.07, 6.45) is 1.52. The molecule has 0 amide bonds. The summed E-state index contributed by atoms with van der Waals surface area (Å²) < 4.78 is 27.3. The van der Waals surface area contributed by atoms with Gasteiger partial charge in [0.05, 0.1) is 21.0 Å². The molecule has 0 fully saturated rings. The van der Waals surface area contributed by atoms with Gasteiger partial charge in [0, 0.05) is 0 Å². The SMILES string of the molecule is Fc1cccc(F)c1-c1[nH]ncc1I. The number of benzene rings is 1. The summed E-state index contributed by atoms with van der Waals surface area (Å²) in [7, 11) is 0. The fourth-order valence-electron chi connectivity index (χ4n) is 1.18. The van der Waals surface area contributed by atoms with Gasteiger partial charge in [0.15, 0.2) is 0 Å². The molecule has 2 aromatic rings. The van der Waals surface area contributed by atoms with Crippen LogP contribution in [-0.2, 0) is 0 Å². The smallest absolute Gasteiger partial charge is 0.135 e. The summed E-state index contributed by atoms with van der Waals surface area (Å²) in [5.74, 6) is -1.18. The van der Waals surface area contributed by atoms with Crippen molar-refractivity contribution in [2.24, 2.45) is 0 Å². The fraction of sp³-hybridized carbons (Fsp3) is 0. The molecule has 0 radical (unpaired) electrons. The molecule has 0 aliphatic rings. The first-order valence-electron chi connectivity index (χ1n) is 3.83. The van der Waals surface area contributed by atoms with Gasteiger partial charge < -0.3 is 0 Å². The lowest BCUT2D eigenvalue weighted by atomic mass is 10.1. The Labute approximate surface area is 92.5 Å². The Morgan fingerprint density at radius 1 is 1.21 bits per heavy atom. The van der Waals surface area contributed by atoms with E-state index in [1.807, 2.05) is 22.6 Å². The number of hydrogen-bond donors (Lipinski definition) is 1. The Kier molecular flexibility index (Phi) is 2.49. The minimum Gasteiger partial charge on any atom is -0.277 e. The Morgan fingerprint density at radius 2 is 1.86 bits per heavy atom. The van der Waals surface area contributed by atoms with E-state index in [0.717, 1.165) is 0 Å². The van der Waals surface area contributed by atoms with Crippen LogP contribution < -0.4 is 0 Å². The van der Waals surface area contributed by atoms with Crippen LogP contribution in [0.4, 0.5) is 8.78 Å². The van der Waals surface area contributed by atoms with Gasteiger partial charge in [-0.1, -0.05) is 6.07 Å². The Balaban J connectivity index is 2.68. The van der Waals surface area contributed by atoms with E-state index in [1.165, 1.54) is 24.4 Å². The zero-order valence-corrected chi connectivity index (χ0v) is 9.05. The maximum Gasteiger partial charge on any atom is 0.135 e. The first kappa shape index (κ1) is 9.57. The van der Waals surface area contributed by atoms with Gasteiger partial charge in [-0.3, -0.25) is 5.10 Å². The molecule has 1 aromatic carbocycles. The van der Waals surface area contributed by atoms with Crippen molar-refractivity contribution in [3.63, 3.8) is 0 Å². The second kappa shape index (κ2) is 3.64. The van der Waals surface area contributed by atoms with Crippen LogP contribution in [0, 0.1) is 15.2 Å². The molecule has 1 N–H and O–H groups in total. The molecule has 0 spiro atoms. The van der Waals surface area contributed by atoms with E-state index in [4.69, 9.17) is 0 Å². The van der Waals surface area contributed by atoms with Gasteiger partial charge in [-0.2, -0.15) is 5.10 Å².